The van der Waals surface area contributed by atoms with Gasteiger partial charge in [-0.2, -0.15) is 0 Å². The summed E-state index contributed by atoms with van der Waals surface area (Å²) in [6, 6.07) is 0. The van der Waals surface area contributed by atoms with Crippen molar-refractivity contribution in [3.05, 3.63) is 15.5 Å². The Bertz CT molecular complexity index is 285. The lowest BCUT2D eigenvalue weighted by atomic mass is 10.0. The molecule has 1 fully saturated rings. The second-order valence-corrected chi connectivity index (χ2v) is 5.02. The zero-order valence-electron chi connectivity index (χ0n) is 7.11. The van der Waals surface area contributed by atoms with Crippen molar-refractivity contribution >= 4 is 22.9 Å². The molecule has 1 aliphatic rings. The van der Waals surface area contributed by atoms with E-state index in [0.29, 0.717) is 17.0 Å². The lowest BCUT2D eigenvalue weighted by Crippen LogP contribution is -2.47. The van der Waals surface area contributed by atoms with Crippen LogP contribution in [0.1, 0.15) is 4.88 Å². The van der Waals surface area contributed by atoms with E-state index in [0.717, 1.165) is 19.6 Å². The van der Waals surface area contributed by atoms with Crippen molar-refractivity contribution in [1.29, 1.82) is 0 Å². The van der Waals surface area contributed by atoms with E-state index in [9.17, 15) is 0 Å². The van der Waals surface area contributed by atoms with Crippen molar-refractivity contribution < 1.29 is 5.11 Å². The van der Waals surface area contributed by atoms with Crippen LogP contribution >= 0.6 is 22.9 Å². The second kappa shape index (κ2) is 3.92. The summed E-state index contributed by atoms with van der Waals surface area (Å²) in [6.45, 7) is 3.21. The monoisotopic (exact) mass is 218 g/mol. The lowest BCUT2D eigenvalue weighted by Gasteiger charge is -2.37. The Morgan fingerprint density at radius 2 is 2.46 bits per heavy atom. The van der Waals surface area contributed by atoms with Gasteiger partial charge >= 0.3 is 0 Å². The van der Waals surface area contributed by atoms with E-state index in [2.05, 4.69) is 9.88 Å². The minimum atomic E-state index is 0.306. The van der Waals surface area contributed by atoms with E-state index in [1.54, 1.807) is 0 Å². The summed E-state index contributed by atoms with van der Waals surface area (Å²) >= 11 is 7.23. The fourth-order valence-corrected chi connectivity index (χ4v) is 2.52. The highest BCUT2D eigenvalue weighted by Crippen LogP contribution is 2.23. The Labute approximate surface area is 86.0 Å². The topological polar surface area (TPSA) is 36.4 Å². The van der Waals surface area contributed by atoms with Crippen molar-refractivity contribution in [1.82, 2.24) is 9.88 Å². The highest BCUT2D eigenvalue weighted by atomic mass is 35.5. The van der Waals surface area contributed by atoms with Crippen molar-refractivity contribution in [3.8, 4) is 0 Å². The standard InChI is InChI=1S/C8H11ClN2OS/c9-8-10-1-7(13-8)4-11-2-6(3-11)5-12/h1,6,12H,2-5H2. The summed E-state index contributed by atoms with van der Waals surface area (Å²) in [7, 11) is 0. The molecule has 72 valence electrons. The first-order valence-electron chi connectivity index (χ1n) is 4.21. The van der Waals surface area contributed by atoms with Gasteiger partial charge in [-0.05, 0) is 0 Å². The average Bonchev–Trinajstić information content (AvgIpc) is 2.43. The maximum Gasteiger partial charge on any atom is 0.183 e. The van der Waals surface area contributed by atoms with Crippen LogP contribution in [0.3, 0.4) is 0 Å². The van der Waals surface area contributed by atoms with E-state index in [-0.39, 0.29) is 0 Å². The molecule has 0 unspecified atom stereocenters. The Hall–Kier alpha value is -0.160. The molecule has 5 heteroatoms. The van der Waals surface area contributed by atoms with Gasteiger partial charge in [-0.25, -0.2) is 4.98 Å². The first kappa shape index (κ1) is 9.40. The SMILES string of the molecule is OCC1CN(Cc2cnc(Cl)s2)C1. The molecule has 0 amide bonds. The van der Waals surface area contributed by atoms with Crippen molar-refractivity contribution in [3.63, 3.8) is 0 Å². The maximum atomic E-state index is 8.82. The predicted molar refractivity (Wildman–Crippen MR) is 53.0 cm³/mol. The number of hydrogen-bond donors (Lipinski definition) is 1. The van der Waals surface area contributed by atoms with Crippen molar-refractivity contribution in [2.24, 2.45) is 5.92 Å². The second-order valence-electron chi connectivity index (χ2n) is 3.32. The first-order chi connectivity index (χ1) is 6.28. The number of aliphatic hydroxyl groups is 1. The van der Waals surface area contributed by atoms with Crippen LogP contribution in [0.4, 0.5) is 0 Å². The van der Waals surface area contributed by atoms with Crippen molar-refractivity contribution in [2.75, 3.05) is 19.7 Å². The molecule has 1 aromatic heterocycles. The maximum absolute atomic E-state index is 8.82. The molecule has 0 aromatic carbocycles. The Kier molecular flexibility index (Phi) is 2.83. The quantitative estimate of drug-likeness (QED) is 0.829. The zero-order chi connectivity index (χ0) is 9.26. The number of thiazole rings is 1. The third-order valence-electron chi connectivity index (χ3n) is 2.20. The third-order valence-corrected chi connectivity index (χ3v) is 3.30. The van der Waals surface area contributed by atoms with Crippen LogP contribution in [-0.2, 0) is 6.54 Å². The normalized spacial score (nSPS) is 18.9. The highest BCUT2D eigenvalue weighted by Gasteiger charge is 2.25. The molecule has 2 heterocycles. The zero-order valence-corrected chi connectivity index (χ0v) is 8.68. The summed E-state index contributed by atoms with van der Waals surface area (Å²) in [5, 5.41) is 8.82. The van der Waals surface area contributed by atoms with Gasteiger partial charge in [0.2, 0.25) is 0 Å². The van der Waals surface area contributed by atoms with E-state index in [4.69, 9.17) is 16.7 Å². The number of nitrogens with zero attached hydrogens (tertiary/aromatic N) is 2. The van der Waals surface area contributed by atoms with Crippen LogP contribution < -0.4 is 0 Å². The fraction of sp³-hybridized carbons (Fsp3) is 0.625. The summed E-state index contributed by atoms with van der Waals surface area (Å²) in [6.07, 6.45) is 1.82. The lowest BCUT2D eigenvalue weighted by molar-refractivity contribution is 0.0486. The van der Waals surface area contributed by atoms with Crippen LogP contribution in [0.2, 0.25) is 4.47 Å². The number of halogens is 1. The molecule has 0 radical (unpaired) electrons. The van der Waals surface area contributed by atoms with Crippen LogP contribution in [0.5, 0.6) is 0 Å². The predicted octanol–water partition coefficient (Wildman–Crippen LogP) is 1.22. The van der Waals surface area contributed by atoms with Crippen molar-refractivity contribution in [2.45, 2.75) is 6.54 Å². The minimum absolute atomic E-state index is 0.306. The molecule has 1 saturated heterocycles. The Morgan fingerprint density at radius 3 is 3.00 bits per heavy atom. The molecule has 0 saturated carbocycles. The number of aliphatic hydroxyl groups excluding tert-OH is 1. The minimum Gasteiger partial charge on any atom is -0.396 e. The van der Waals surface area contributed by atoms with Crippen LogP contribution in [-0.4, -0.2) is 34.7 Å². The van der Waals surface area contributed by atoms with Gasteiger partial charge in [-0.15, -0.1) is 11.3 Å². The molecule has 13 heavy (non-hydrogen) atoms. The highest BCUT2D eigenvalue weighted by molar-refractivity contribution is 7.15. The summed E-state index contributed by atoms with van der Waals surface area (Å²) < 4.78 is 0.606. The first-order valence-corrected chi connectivity index (χ1v) is 5.41. The van der Waals surface area contributed by atoms with Gasteiger partial charge in [0.1, 0.15) is 0 Å². The molecule has 0 aliphatic carbocycles. The van der Waals surface area contributed by atoms with Crippen LogP contribution in [0.15, 0.2) is 6.20 Å². The fourth-order valence-electron chi connectivity index (χ4n) is 1.50. The smallest absolute Gasteiger partial charge is 0.183 e. The van der Waals surface area contributed by atoms with Gasteiger partial charge in [-0.3, -0.25) is 4.90 Å². The molecule has 0 atom stereocenters. The Balaban J connectivity index is 1.81. The van der Waals surface area contributed by atoms with Gasteiger partial charge < -0.3 is 5.11 Å². The molecule has 2 rings (SSSR count). The third kappa shape index (κ3) is 2.20. The van der Waals surface area contributed by atoms with E-state index in [1.165, 1.54) is 16.2 Å². The van der Waals surface area contributed by atoms with Gasteiger partial charge in [0.05, 0.1) is 0 Å². The van der Waals surface area contributed by atoms with Crippen LogP contribution in [0, 0.1) is 5.92 Å². The summed E-state index contributed by atoms with van der Waals surface area (Å²) in [5.41, 5.74) is 0. The number of rotatable bonds is 3. The van der Waals surface area contributed by atoms with Gasteiger partial charge in [0.25, 0.3) is 0 Å². The van der Waals surface area contributed by atoms with E-state index in [1.807, 2.05) is 6.20 Å². The molecule has 0 spiro atoms. The molecule has 1 aliphatic heterocycles. The molecule has 1 N–H and O–H groups in total. The van der Waals surface area contributed by atoms with Gasteiger partial charge in [0, 0.05) is 43.2 Å². The summed E-state index contributed by atoms with van der Waals surface area (Å²) in [5.74, 6) is 0.475. The molecular formula is C8H11ClN2OS. The molecule has 3 nitrogen and oxygen atoms in total. The molecule has 1 aromatic rings. The van der Waals surface area contributed by atoms with Crippen LogP contribution in [0.25, 0.3) is 0 Å². The average molecular weight is 219 g/mol. The van der Waals surface area contributed by atoms with Gasteiger partial charge in [-0.1, -0.05) is 11.6 Å². The Morgan fingerprint density at radius 1 is 1.69 bits per heavy atom. The van der Waals surface area contributed by atoms with E-state index < -0.39 is 0 Å². The number of aromatic nitrogens is 1. The summed E-state index contributed by atoms with van der Waals surface area (Å²) in [4.78, 5) is 7.45. The number of hydrogen-bond acceptors (Lipinski definition) is 4. The molecule has 0 bridgehead atoms. The van der Waals surface area contributed by atoms with Gasteiger partial charge in [0.15, 0.2) is 4.47 Å². The number of likely N-dealkylation sites (tertiary alicyclic amines) is 1. The largest absolute Gasteiger partial charge is 0.396 e. The molecular weight excluding hydrogens is 208 g/mol. The van der Waals surface area contributed by atoms with E-state index >= 15 is 0 Å².